The minimum Gasteiger partial charge on any atom is -0.378 e. The maximum absolute atomic E-state index is 13.2. The molecule has 2 heterocycles. The first-order valence-electron chi connectivity index (χ1n) is 9.38. The summed E-state index contributed by atoms with van der Waals surface area (Å²) in [6.07, 6.45) is 4.04. The van der Waals surface area contributed by atoms with E-state index in [9.17, 15) is 9.18 Å². The highest BCUT2D eigenvalue weighted by Crippen LogP contribution is 2.25. The topological polar surface area (TPSA) is 67.4 Å². The van der Waals surface area contributed by atoms with Gasteiger partial charge in [0, 0.05) is 37.4 Å². The zero-order chi connectivity index (χ0) is 18.6. The van der Waals surface area contributed by atoms with E-state index in [2.05, 4.69) is 15.2 Å². The number of nitrogens with zero attached hydrogens (tertiary/aromatic N) is 3. The highest BCUT2D eigenvalue weighted by Gasteiger charge is 2.26. The number of aromatic nitrogens is 2. The number of carbonyl (C=O) groups is 1. The maximum atomic E-state index is 13.2. The van der Waals surface area contributed by atoms with E-state index in [1.54, 1.807) is 12.1 Å². The summed E-state index contributed by atoms with van der Waals surface area (Å²) in [4.78, 5) is 23.9. The Kier molecular flexibility index (Phi) is 5.29. The number of anilines is 1. The summed E-state index contributed by atoms with van der Waals surface area (Å²) >= 11 is 0. The van der Waals surface area contributed by atoms with Crippen LogP contribution in [0.4, 0.5) is 10.3 Å². The van der Waals surface area contributed by atoms with Crippen molar-refractivity contribution < 1.29 is 13.9 Å². The Balaban J connectivity index is 1.37. The van der Waals surface area contributed by atoms with E-state index >= 15 is 0 Å². The van der Waals surface area contributed by atoms with Crippen molar-refractivity contribution in [3.8, 4) is 0 Å². The van der Waals surface area contributed by atoms with E-state index in [0.717, 1.165) is 48.7 Å². The van der Waals surface area contributed by atoms with Crippen LogP contribution in [0.2, 0.25) is 0 Å². The monoisotopic (exact) mass is 370 g/mol. The molecule has 1 amide bonds. The molecule has 1 fully saturated rings. The van der Waals surface area contributed by atoms with Crippen molar-refractivity contribution in [3.05, 3.63) is 53.1 Å². The zero-order valence-electron chi connectivity index (χ0n) is 15.2. The molecular formula is C20H23FN4O2. The molecule has 0 spiro atoms. The number of amides is 1. The predicted octanol–water partition coefficient (Wildman–Crippen LogP) is 1.87. The van der Waals surface area contributed by atoms with Crippen LogP contribution >= 0.6 is 0 Å². The van der Waals surface area contributed by atoms with Crippen molar-refractivity contribution in [2.75, 3.05) is 31.2 Å². The number of nitrogens with one attached hydrogen (secondary N) is 1. The molecule has 1 N–H and O–H groups in total. The van der Waals surface area contributed by atoms with E-state index < -0.39 is 0 Å². The number of morpholine rings is 1. The fourth-order valence-electron chi connectivity index (χ4n) is 3.62. The second kappa shape index (κ2) is 8.00. The summed E-state index contributed by atoms with van der Waals surface area (Å²) in [7, 11) is 0. The molecule has 1 aliphatic carbocycles. The van der Waals surface area contributed by atoms with Crippen LogP contribution in [0.3, 0.4) is 0 Å². The molecular weight excluding hydrogens is 347 g/mol. The van der Waals surface area contributed by atoms with Crippen LogP contribution in [0.1, 0.15) is 23.2 Å². The summed E-state index contributed by atoms with van der Waals surface area (Å²) in [5, 5.41) is 2.92. The molecule has 1 aromatic carbocycles. The molecule has 7 heteroatoms. The first kappa shape index (κ1) is 17.9. The molecule has 2 aliphatic rings. The van der Waals surface area contributed by atoms with Crippen molar-refractivity contribution in [3.63, 3.8) is 0 Å². The fourth-order valence-corrected chi connectivity index (χ4v) is 3.62. The molecule has 0 unspecified atom stereocenters. The van der Waals surface area contributed by atoms with Gasteiger partial charge in [-0.1, -0.05) is 12.1 Å². The minimum atomic E-state index is -0.290. The van der Waals surface area contributed by atoms with Gasteiger partial charge in [-0.3, -0.25) is 4.79 Å². The van der Waals surface area contributed by atoms with Crippen molar-refractivity contribution in [2.45, 2.75) is 25.8 Å². The molecule has 1 aromatic heterocycles. The van der Waals surface area contributed by atoms with Crippen LogP contribution in [0, 0.1) is 11.7 Å². The predicted molar refractivity (Wildman–Crippen MR) is 98.8 cm³/mol. The van der Waals surface area contributed by atoms with E-state index in [1.807, 2.05) is 6.20 Å². The third-order valence-electron chi connectivity index (χ3n) is 5.16. The largest absolute Gasteiger partial charge is 0.378 e. The molecule has 6 nitrogen and oxygen atoms in total. The van der Waals surface area contributed by atoms with Crippen molar-refractivity contribution in [1.29, 1.82) is 0 Å². The third kappa shape index (κ3) is 4.24. The van der Waals surface area contributed by atoms with Crippen molar-refractivity contribution in [1.82, 2.24) is 15.3 Å². The minimum absolute atomic E-state index is 0.00201. The molecule has 0 saturated carbocycles. The van der Waals surface area contributed by atoms with Gasteiger partial charge in [0.05, 0.1) is 13.2 Å². The van der Waals surface area contributed by atoms with E-state index in [4.69, 9.17) is 9.72 Å². The van der Waals surface area contributed by atoms with Crippen LogP contribution in [0.5, 0.6) is 0 Å². The lowest BCUT2D eigenvalue weighted by molar-refractivity contribution is -0.125. The average molecular weight is 370 g/mol. The summed E-state index contributed by atoms with van der Waals surface area (Å²) in [6.45, 7) is 3.36. The van der Waals surface area contributed by atoms with Gasteiger partial charge in [-0.15, -0.1) is 0 Å². The molecule has 1 aliphatic heterocycles. The van der Waals surface area contributed by atoms with Gasteiger partial charge in [0.15, 0.2) is 0 Å². The van der Waals surface area contributed by atoms with Gasteiger partial charge in [0.25, 0.3) is 0 Å². The maximum Gasteiger partial charge on any atom is 0.225 e. The molecule has 1 atom stereocenters. The Bertz CT molecular complexity index is 823. The second-order valence-electron chi connectivity index (χ2n) is 7.03. The number of benzene rings is 1. The number of rotatable bonds is 4. The molecule has 142 valence electrons. The molecule has 0 radical (unpaired) electrons. The average Bonchev–Trinajstić information content (AvgIpc) is 2.72. The SMILES string of the molecule is O=C(NCc1cccc(F)c1)[C@H]1CCc2nc(N3CCOCC3)ncc2C1. The quantitative estimate of drug-likeness (QED) is 0.890. The van der Waals surface area contributed by atoms with Crippen LogP contribution in [-0.4, -0.2) is 42.2 Å². The summed E-state index contributed by atoms with van der Waals surface area (Å²) < 4.78 is 18.6. The summed E-state index contributed by atoms with van der Waals surface area (Å²) in [5.74, 6) is 0.374. The van der Waals surface area contributed by atoms with Crippen LogP contribution in [-0.2, 0) is 28.9 Å². The molecule has 27 heavy (non-hydrogen) atoms. The normalized spacial score (nSPS) is 19.4. The lowest BCUT2D eigenvalue weighted by atomic mass is 9.86. The van der Waals surface area contributed by atoms with Crippen LogP contribution < -0.4 is 10.2 Å². The smallest absolute Gasteiger partial charge is 0.225 e. The van der Waals surface area contributed by atoms with E-state index in [1.165, 1.54) is 12.1 Å². The lowest BCUT2D eigenvalue weighted by Gasteiger charge is -2.28. The van der Waals surface area contributed by atoms with Crippen LogP contribution in [0.15, 0.2) is 30.5 Å². The number of aryl methyl sites for hydroxylation is 1. The lowest BCUT2D eigenvalue weighted by Crippen LogP contribution is -2.38. The van der Waals surface area contributed by atoms with Gasteiger partial charge >= 0.3 is 0 Å². The molecule has 0 bridgehead atoms. The number of hydrogen-bond acceptors (Lipinski definition) is 5. The number of fused-ring (bicyclic) bond motifs is 1. The molecule has 2 aromatic rings. The van der Waals surface area contributed by atoms with Gasteiger partial charge in [0.1, 0.15) is 5.82 Å². The molecule has 1 saturated heterocycles. The number of ether oxygens (including phenoxy) is 1. The fraction of sp³-hybridized carbons (Fsp3) is 0.450. The molecule has 4 rings (SSSR count). The van der Waals surface area contributed by atoms with Gasteiger partial charge in [0.2, 0.25) is 11.9 Å². The second-order valence-corrected chi connectivity index (χ2v) is 7.03. The zero-order valence-corrected chi connectivity index (χ0v) is 15.2. The number of carbonyl (C=O) groups excluding carboxylic acids is 1. The van der Waals surface area contributed by atoms with Crippen molar-refractivity contribution in [2.24, 2.45) is 5.92 Å². The van der Waals surface area contributed by atoms with Gasteiger partial charge in [-0.05, 0) is 42.5 Å². The number of halogens is 1. The standard InChI is InChI=1S/C20H23FN4O2/c21-17-3-1-2-14(10-17)12-22-19(26)15-4-5-18-16(11-15)13-23-20(24-18)25-6-8-27-9-7-25/h1-3,10,13,15H,4-9,11-12H2,(H,22,26)/t15-/m0/s1. The Labute approximate surface area is 157 Å². The Hall–Kier alpha value is -2.54. The van der Waals surface area contributed by atoms with E-state index in [0.29, 0.717) is 26.2 Å². The number of hydrogen-bond donors (Lipinski definition) is 1. The Morgan fingerprint density at radius 3 is 3.00 bits per heavy atom. The van der Waals surface area contributed by atoms with Gasteiger partial charge in [-0.25, -0.2) is 14.4 Å². The Morgan fingerprint density at radius 1 is 1.33 bits per heavy atom. The summed E-state index contributed by atoms with van der Waals surface area (Å²) in [5.41, 5.74) is 2.85. The first-order valence-corrected chi connectivity index (χ1v) is 9.38. The highest BCUT2D eigenvalue weighted by atomic mass is 19.1. The van der Waals surface area contributed by atoms with Gasteiger partial charge in [-0.2, -0.15) is 0 Å². The highest BCUT2D eigenvalue weighted by molar-refractivity contribution is 5.79. The van der Waals surface area contributed by atoms with Gasteiger partial charge < -0.3 is 15.0 Å². The third-order valence-corrected chi connectivity index (χ3v) is 5.16. The Morgan fingerprint density at radius 2 is 2.19 bits per heavy atom. The van der Waals surface area contributed by atoms with Crippen molar-refractivity contribution >= 4 is 11.9 Å². The van der Waals surface area contributed by atoms with E-state index in [-0.39, 0.29) is 17.6 Å². The van der Waals surface area contributed by atoms with Crippen LogP contribution in [0.25, 0.3) is 0 Å². The first-order chi connectivity index (χ1) is 13.2. The summed E-state index contributed by atoms with van der Waals surface area (Å²) in [6, 6.07) is 6.30.